The third kappa shape index (κ3) is 8.63. The molecule has 3 rings (SSSR count). The van der Waals surface area contributed by atoms with E-state index in [-0.39, 0.29) is 35.9 Å². The van der Waals surface area contributed by atoms with Crippen LogP contribution in [0.2, 0.25) is 0 Å². The second-order valence-electron chi connectivity index (χ2n) is 11.0. The summed E-state index contributed by atoms with van der Waals surface area (Å²) < 4.78 is 12.1. The lowest BCUT2D eigenvalue weighted by Crippen LogP contribution is -2.47. The summed E-state index contributed by atoms with van der Waals surface area (Å²) in [5, 5.41) is 3.27. The Bertz CT molecular complexity index is 967. The minimum absolute atomic E-state index is 0.0837. The molecule has 1 aromatic carbocycles. The van der Waals surface area contributed by atoms with Crippen molar-refractivity contribution >= 4 is 23.8 Å². The number of esters is 1. The van der Waals surface area contributed by atoms with Crippen molar-refractivity contribution in [3.63, 3.8) is 0 Å². The topological polar surface area (TPSA) is 71.1 Å². The lowest BCUT2D eigenvalue weighted by Gasteiger charge is -2.31. The van der Waals surface area contributed by atoms with E-state index >= 15 is 0 Å². The van der Waals surface area contributed by atoms with Crippen molar-refractivity contribution in [2.75, 3.05) is 45.2 Å². The predicted molar refractivity (Wildman–Crippen MR) is 149 cm³/mol. The highest BCUT2D eigenvalue weighted by Crippen LogP contribution is 2.27. The van der Waals surface area contributed by atoms with Crippen molar-refractivity contribution < 1.29 is 19.1 Å². The molecule has 0 radical (unpaired) electrons. The van der Waals surface area contributed by atoms with Crippen LogP contribution < -0.4 is 10.2 Å². The van der Waals surface area contributed by atoms with Gasteiger partial charge in [0.1, 0.15) is 12.2 Å². The SMILES string of the molecule is C/C(=C\c1cccc(N(C)C)c1)[C@H]1OC(=O)C[C@H](C)CC[C@H](C)[C@@H](OC(=O)N2CCNCC2)/C=C/[C@@H]1C. The highest BCUT2D eigenvalue weighted by Gasteiger charge is 2.28. The summed E-state index contributed by atoms with van der Waals surface area (Å²) in [6, 6.07) is 8.28. The molecule has 2 heterocycles. The van der Waals surface area contributed by atoms with Crippen molar-refractivity contribution in [1.82, 2.24) is 10.2 Å². The lowest BCUT2D eigenvalue weighted by molar-refractivity contribution is -0.149. The van der Waals surface area contributed by atoms with E-state index in [4.69, 9.17) is 9.47 Å². The van der Waals surface area contributed by atoms with Crippen molar-refractivity contribution in [3.05, 3.63) is 47.6 Å². The number of ether oxygens (including phenoxy) is 2. The van der Waals surface area contributed by atoms with Gasteiger partial charge in [-0.25, -0.2) is 4.79 Å². The van der Waals surface area contributed by atoms with Gasteiger partial charge < -0.3 is 24.6 Å². The van der Waals surface area contributed by atoms with Gasteiger partial charge in [-0.2, -0.15) is 0 Å². The molecule has 0 bridgehead atoms. The summed E-state index contributed by atoms with van der Waals surface area (Å²) in [7, 11) is 4.04. The van der Waals surface area contributed by atoms with Gasteiger partial charge >= 0.3 is 12.1 Å². The zero-order valence-electron chi connectivity index (χ0n) is 23.4. The van der Waals surface area contributed by atoms with E-state index < -0.39 is 6.10 Å². The Morgan fingerprint density at radius 3 is 2.57 bits per heavy atom. The zero-order valence-corrected chi connectivity index (χ0v) is 23.4. The molecule has 0 aromatic heterocycles. The Hall–Kier alpha value is -2.80. The van der Waals surface area contributed by atoms with Crippen molar-refractivity contribution in [3.8, 4) is 0 Å². The van der Waals surface area contributed by atoms with Gasteiger partial charge in [0.25, 0.3) is 0 Å². The lowest BCUT2D eigenvalue weighted by atomic mass is 9.89. The van der Waals surface area contributed by atoms with Crippen molar-refractivity contribution in [2.45, 2.75) is 59.2 Å². The van der Waals surface area contributed by atoms with Gasteiger partial charge in [0.2, 0.25) is 0 Å². The first kappa shape index (κ1) is 28.8. The predicted octanol–water partition coefficient (Wildman–Crippen LogP) is 5.13. The number of piperazine rings is 1. The number of hydrogen-bond acceptors (Lipinski definition) is 6. The highest BCUT2D eigenvalue weighted by atomic mass is 16.6. The quantitative estimate of drug-likeness (QED) is 0.447. The molecule has 1 fully saturated rings. The van der Waals surface area contributed by atoms with Crippen LogP contribution in [-0.2, 0) is 14.3 Å². The normalized spacial score (nSPS) is 28.9. The van der Waals surface area contributed by atoms with Crippen LogP contribution in [0.1, 0.15) is 52.5 Å². The van der Waals surface area contributed by atoms with E-state index in [9.17, 15) is 9.59 Å². The Labute approximate surface area is 222 Å². The van der Waals surface area contributed by atoms with E-state index in [1.165, 1.54) is 0 Å². The molecule has 2 aliphatic heterocycles. The van der Waals surface area contributed by atoms with Crippen LogP contribution in [0.3, 0.4) is 0 Å². The summed E-state index contributed by atoms with van der Waals surface area (Å²) >= 11 is 0. The molecule has 1 aromatic rings. The number of anilines is 1. The van der Waals surface area contributed by atoms with Gasteiger partial charge in [-0.15, -0.1) is 0 Å². The third-order valence-corrected chi connectivity index (χ3v) is 7.37. The summed E-state index contributed by atoms with van der Waals surface area (Å²) in [6.45, 7) is 11.2. The molecule has 1 amide bonds. The Morgan fingerprint density at radius 2 is 1.86 bits per heavy atom. The van der Waals surface area contributed by atoms with Crippen LogP contribution in [0, 0.1) is 17.8 Å². The fourth-order valence-corrected chi connectivity index (χ4v) is 4.91. The molecule has 204 valence electrons. The maximum absolute atomic E-state index is 12.9. The first-order valence-electron chi connectivity index (χ1n) is 13.6. The number of rotatable bonds is 4. The smallest absolute Gasteiger partial charge is 0.410 e. The van der Waals surface area contributed by atoms with Crippen molar-refractivity contribution in [1.29, 1.82) is 0 Å². The molecule has 0 saturated carbocycles. The minimum Gasteiger partial charge on any atom is -0.457 e. The first-order chi connectivity index (χ1) is 17.6. The standard InChI is InChI=1S/C30H45N3O4/c1-21-10-11-22(2)27(36-30(35)33-16-14-31-15-17-33)13-12-23(3)29(37-28(34)18-21)24(4)19-25-8-7-9-26(20-25)32(5)6/h7-9,12-13,19-23,27,29,31H,10-11,14-18H2,1-6H3/b13-12+,24-19+/t21-,22+,23+,27+,29+/m1/s1. The Balaban J connectivity index is 1.85. The molecule has 0 spiro atoms. The van der Waals surface area contributed by atoms with Gasteiger partial charge in [0, 0.05) is 58.3 Å². The van der Waals surface area contributed by atoms with Gasteiger partial charge in [-0.3, -0.25) is 4.79 Å². The maximum atomic E-state index is 12.9. The number of nitrogens with one attached hydrogen (secondary N) is 1. The van der Waals surface area contributed by atoms with Gasteiger partial charge in [-0.1, -0.05) is 45.1 Å². The number of benzene rings is 1. The molecule has 7 heteroatoms. The van der Waals surface area contributed by atoms with E-state index in [0.717, 1.165) is 42.8 Å². The number of carbonyl (C=O) groups is 2. The number of hydrogen-bond donors (Lipinski definition) is 1. The van der Waals surface area contributed by atoms with Crippen molar-refractivity contribution in [2.24, 2.45) is 17.8 Å². The summed E-state index contributed by atoms with van der Waals surface area (Å²) in [4.78, 5) is 29.6. The average molecular weight is 512 g/mol. The maximum Gasteiger partial charge on any atom is 0.410 e. The monoisotopic (exact) mass is 511 g/mol. The summed E-state index contributed by atoms with van der Waals surface area (Å²) in [5.74, 6) is 0.0963. The minimum atomic E-state index is -0.404. The highest BCUT2D eigenvalue weighted by molar-refractivity contribution is 5.71. The van der Waals surface area contributed by atoms with Crippen LogP contribution in [0.4, 0.5) is 10.5 Å². The van der Waals surface area contributed by atoms with E-state index in [0.29, 0.717) is 19.5 Å². The average Bonchev–Trinajstić information content (AvgIpc) is 2.87. The second kappa shape index (κ2) is 13.7. The number of amides is 1. The fraction of sp³-hybridized carbons (Fsp3) is 0.600. The molecule has 0 aliphatic carbocycles. The largest absolute Gasteiger partial charge is 0.457 e. The summed E-state index contributed by atoms with van der Waals surface area (Å²) in [6.07, 6.45) is 7.28. The van der Waals surface area contributed by atoms with E-state index in [1.54, 1.807) is 4.90 Å². The van der Waals surface area contributed by atoms with Crippen LogP contribution in [0.25, 0.3) is 6.08 Å². The van der Waals surface area contributed by atoms with E-state index in [2.05, 4.69) is 55.3 Å². The molecule has 5 atom stereocenters. The molecule has 1 saturated heterocycles. The Kier molecular flexibility index (Phi) is 10.6. The summed E-state index contributed by atoms with van der Waals surface area (Å²) in [5.41, 5.74) is 3.16. The third-order valence-electron chi connectivity index (χ3n) is 7.37. The molecule has 1 N–H and O–H groups in total. The van der Waals surface area contributed by atoms with Crippen LogP contribution in [0.15, 0.2) is 42.0 Å². The number of carbonyl (C=O) groups excluding carboxylic acids is 2. The number of nitrogens with zero attached hydrogens (tertiary/aromatic N) is 2. The molecular weight excluding hydrogens is 466 g/mol. The molecule has 0 unspecified atom stereocenters. The van der Waals surface area contributed by atoms with Crippen LogP contribution in [0.5, 0.6) is 0 Å². The van der Waals surface area contributed by atoms with Crippen LogP contribution >= 0.6 is 0 Å². The van der Waals surface area contributed by atoms with Crippen LogP contribution in [-0.4, -0.2) is 69.4 Å². The molecule has 7 nitrogen and oxygen atoms in total. The molecular formula is C30H45N3O4. The van der Waals surface area contributed by atoms with Gasteiger partial charge in [0.05, 0.1) is 0 Å². The number of cyclic esters (lactones) is 1. The van der Waals surface area contributed by atoms with E-state index in [1.807, 2.05) is 39.2 Å². The Morgan fingerprint density at radius 1 is 1.14 bits per heavy atom. The fourth-order valence-electron chi connectivity index (χ4n) is 4.91. The zero-order chi connectivity index (χ0) is 26.9. The van der Waals surface area contributed by atoms with Gasteiger partial charge in [0.15, 0.2) is 0 Å². The molecule has 2 aliphatic rings. The molecule has 37 heavy (non-hydrogen) atoms. The van der Waals surface area contributed by atoms with Gasteiger partial charge in [-0.05, 0) is 60.9 Å². The first-order valence-corrected chi connectivity index (χ1v) is 13.6. The second-order valence-corrected chi connectivity index (χ2v) is 11.0.